The molecule has 2 nitrogen and oxygen atoms in total. The van der Waals surface area contributed by atoms with Gasteiger partial charge in [-0.1, -0.05) is 19.9 Å². The number of pyridine rings is 1. The van der Waals surface area contributed by atoms with Crippen LogP contribution >= 0.6 is 0 Å². The molecular formula is C13H20N2. The summed E-state index contributed by atoms with van der Waals surface area (Å²) in [6.07, 6.45) is 5.37. The monoisotopic (exact) mass is 204 g/mol. The van der Waals surface area contributed by atoms with E-state index in [0.29, 0.717) is 11.3 Å². The van der Waals surface area contributed by atoms with E-state index in [9.17, 15) is 0 Å². The minimum atomic E-state index is 0.348. The van der Waals surface area contributed by atoms with E-state index in [4.69, 9.17) is 5.73 Å². The summed E-state index contributed by atoms with van der Waals surface area (Å²) in [4.78, 5) is 4.56. The van der Waals surface area contributed by atoms with Gasteiger partial charge in [0.1, 0.15) is 0 Å². The van der Waals surface area contributed by atoms with Gasteiger partial charge in [0.25, 0.3) is 0 Å². The number of aromatic nitrogens is 1. The van der Waals surface area contributed by atoms with Crippen molar-refractivity contribution in [2.24, 2.45) is 11.1 Å². The van der Waals surface area contributed by atoms with Gasteiger partial charge in [-0.3, -0.25) is 4.98 Å². The Morgan fingerprint density at radius 3 is 3.07 bits per heavy atom. The molecule has 1 unspecified atom stereocenters. The molecule has 2 heteroatoms. The summed E-state index contributed by atoms with van der Waals surface area (Å²) in [6.45, 7) is 5.43. The Morgan fingerprint density at radius 1 is 1.53 bits per heavy atom. The van der Waals surface area contributed by atoms with Crippen LogP contribution in [0.5, 0.6) is 0 Å². The first-order valence-corrected chi connectivity index (χ1v) is 5.79. The van der Waals surface area contributed by atoms with Crippen molar-refractivity contribution in [3.63, 3.8) is 0 Å². The van der Waals surface area contributed by atoms with Gasteiger partial charge >= 0.3 is 0 Å². The summed E-state index contributed by atoms with van der Waals surface area (Å²) < 4.78 is 0. The summed E-state index contributed by atoms with van der Waals surface area (Å²) in [5, 5.41) is 0. The molecule has 15 heavy (non-hydrogen) atoms. The fraction of sp³-hybridized carbons (Fsp3) is 0.615. The van der Waals surface area contributed by atoms with Crippen molar-refractivity contribution in [3.8, 4) is 0 Å². The predicted molar refractivity (Wildman–Crippen MR) is 62.8 cm³/mol. The Morgan fingerprint density at radius 2 is 2.33 bits per heavy atom. The molecule has 1 aromatic heterocycles. The van der Waals surface area contributed by atoms with Crippen LogP contribution in [-0.4, -0.2) is 11.5 Å². The lowest BCUT2D eigenvalue weighted by atomic mass is 9.67. The molecule has 2 N–H and O–H groups in total. The van der Waals surface area contributed by atoms with Gasteiger partial charge in [-0.15, -0.1) is 0 Å². The normalized spacial score (nSPS) is 23.5. The highest BCUT2D eigenvalue weighted by atomic mass is 14.7. The van der Waals surface area contributed by atoms with Crippen molar-refractivity contribution in [1.82, 2.24) is 4.98 Å². The van der Waals surface area contributed by atoms with E-state index in [1.165, 1.54) is 17.7 Å². The van der Waals surface area contributed by atoms with E-state index < -0.39 is 0 Å². The van der Waals surface area contributed by atoms with Gasteiger partial charge in [-0.05, 0) is 42.9 Å². The average molecular weight is 204 g/mol. The number of nitrogens with two attached hydrogens (primary N) is 1. The third kappa shape index (κ3) is 1.91. The number of hydrogen-bond acceptors (Lipinski definition) is 2. The van der Waals surface area contributed by atoms with Crippen molar-refractivity contribution in [3.05, 3.63) is 29.6 Å². The zero-order chi connectivity index (χ0) is 10.9. The second-order valence-corrected chi connectivity index (χ2v) is 5.17. The van der Waals surface area contributed by atoms with Crippen LogP contribution in [0.15, 0.2) is 18.3 Å². The Kier molecular flexibility index (Phi) is 2.79. The Bertz CT molecular complexity index is 344. The largest absolute Gasteiger partial charge is 0.330 e. The highest BCUT2D eigenvalue weighted by Crippen LogP contribution is 2.45. The molecule has 0 fully saturated rings. The Hall–Kier alpha value is -0.890. The van der Waals surface area contributed by atoms with Gasteiger partial charge in [0.15, 0.2) is 0 Å². The van der Waals surface area contributed by atoms with Crippen LogP contribution in [0.3, 0.4) is 0 Å². The van der Waals surface area contributed by atoms with Crippen molar-refractivity contribution in [2.45, 2.75) is 39.0 Å². The van der Waals surface area contributed by atoms with Crippen LogP contribution in [0.4, 0.5) is 0 Å². The molecule has 1 atom stereocenters. The molecule has 1 aromatic rings. The zero-order valence-corrected chi connectivity index (χ0v) is 9.66. The number of fused-ring (bicyclic) bond motifs is 1. The maximum atomic E-state index is 5.71. The highest BCUT2D eigenvalue weighted by Gasteiger charge is 2.35. The molecule has 0 aliphatic heterocycles. The smallest absolute Gasteiger partial charge is 0.0472 e. The zero-order valence-electron chi connectivity index (χ0n) is 9.66. The van der Waals surface area contributed by atoms with Crippen LogP contribution in [-0.2, 0) is 6.42 Å². The van der Waals surface area contributed by atoms with Gasteiger partial charge in [0.05, 0.1) is 0 Å². The van der Waals surface area contributed by atoms with Crippen LogP contribution in [0.25, 0.3) is 0 Å². The lowest BCUT2D eigenvalue weighted by Crippen LogP contribution is -2.30. The molecule has 0 saturated heterocycles. The maximum absolute atomic E-state index is 5.71. The summed E-state index contributed by atoms with van der Waals surface area (Å²) in [5.74, 6) is 0.535. The SMILES string of the molecule is CC1(C)CCc2cccnc2C1CCN. The molecule has 1 aliphatic carbocycles. The number of aryl methyl sites for hydroxylation is 1. The molecule has 0 saturated carbocycles. The molecule has 0 amide bonds. The predicted octanol–water partition coefficient (Wildman–Crippen LogP) is 2.49. The average Bonchev–Trinajstić information content (AvgIpc) is 2.23. The van der Waals surface area contributed by atoms with E-state index in [1.807, 2.05) is 12.3 Å². The summed E-state index contributed by atoms with van der Waals surface area (Å²) in [7, 11) is 0. The lowest BCUT2D eigenvalue weighted by molar-refractivity contribution is 0.230. The summed E-state index contributed by atoms with van der Waals surface area (Å²) >= 11 is 0. The summed E-state index contributed by atoms with van der Waals surface area (Å²) in [6, 6.07) is 4.25. The van der Waals surface area contributed by atoms with E-state index in [0.717, 1.165) is 19.4 Å². The van der Waals surface area contributed by atoms with Gasteiger partial charge in [-0.25, -0.2) is 0 Å². The lowest BCUT2D eigenvalue weighted by Gasteiger charge is -2.39. The number of hydrogen-bond donors (Lipinski definition) is 1. The fourth-order valence-electron chi connectivity index (χ4n) is 2.67. The third-order valence-corrected chi connectivity index (χ3v) is 3.69. The van der Waals surface area contributed by atoms with E-state index in [-0.39, 0.29) is 0 Å². The standard InChI is InChI=1S/C13H20N2/c1-13(2)7-5-10-4-3-9-15-12(10)11(13)6-8-14/h3-4,9,11H,5-8,14H2,1-2H3. The molecule has 0 radical (unpaired) electrons. The van der Waals surface area contributed by atoms with Gasteiger partial charge in [-0.2, -0.15) is 0 Å². The topological polar surface area (TPSA) is 38.9 Å². The first kappa shape index (κ1) is 10.6. The first-order valence-electron chi connectivity index (χ1n) is 5.79. The van der Waals surface area contributed by atoms with Crippen molar-refractivity contribution in [1.29, 1.82) is 0 Å². The molecule has 0 aromatic carbocycles. The molecule has 0 spiro atoms. The third-order valence-electron chi connectivity index (χ3n) is 3.69. The van der Waals surface area contributed by atoms with Crippen LogP contribution in [0.2, 0.25) is 0 Å². The Balaban J connectivity index is 2.39. The molecule has 1 heterocycles. The highest BCUT2D eigenvalue weighted by molar-refractivity contribution is 5.28. The van der Waals surface area contributed by atoms with Crippen molar-refractivity contribution >= 4 is 0 Å². The first-order chi connectivity index (χ1) is 7.15. The second-order valence-electron chi connectivity index (χ2n) is 5.17. The van der Waals surface area contributed by atoms with E-state index in [2.05, 4.69) is 24.9 Å². The maximum Gasteiger partial charge on any atom is 0.0472 e. The number of nitrogens with zero attached hydrogens (tertiary/aromatic N) is 1. The van der Waals surface area contributed by atoms with Crippen LogP contribution in [0.1, 0.15) is 43.9 Å². The van der Waals surface area contributed by atoms with Crippen molar-refractivity contribution in [2.75, 3.05) is 6.54 Å². The molecular weight excluding hydrogens is 184 g/mol. The Labute approximate surface area is 91.9 Å². The second kappa shape index (κ2) is 3.93. The number of rotatable bonds is 2. The molecule has 82 valence electrons. The van der Waals surface area contributed by atoms with E-state index >= 15 is 0 Å². The summed E-state index contributed by atoms with van der Waals surface area (Å²) in [5.41, 5.74) is 8.77. The quantitative estimate of drug-likeness (QED) is 0.803. The van der Waals surface area contributed by atoms with Crippen LogP contribution < -0.4 is 5.73 Å². The molecule has 0 bridgehead atoms. The van der Waals surface area contributed by atoms with Gasteiger partial charge in [0, 0.05) is 17.8 Å². The molecule has 2 rings (SSSR count). The fourth-order valence-corrected chi connectivity index (χ4v) is 2.67. The van der Waals surface area contributed by atoms with Crippen LogP contribution in [0, 0.1) is 5.41 Å². The van der Waals surface area contributed by atoms with Crippen molar-refractivity contribution < 1.29 is 0 Å². The minimum absolute atomic E-state index is 0.348. The van der Waals surface area contributed by atoms with Gasteiger partial charge in [0.2, 0.25) is 0 Å². The van der Waals surface area contributed by atoms with E-state index in [1.54, 1.807) is 0 Å². The molecule has 1 aliphatic rings. The minimum Gasteiger partial charge on any atom is -0.330 e. The van der Waals surface area contributed by atoms with Gasteiger partial charge < -0.3 is 5.73 Å².